The van der Waals surface area contributed by atoms with Gasteiger partial charge in [0.05, 0.1) is 0 Å². The fourth-order valence-corrected chi connectivity index (χ4v) is 2.59. The molecule has 1 heterocycles. The smallest absolute Gasteiger partial charge is 0.410 e. The molecule has 1 aliphatic rings. The fraction of sp³-hybridized carbons (Fsp3) is 0.588. The molecule has 0 N–H and O–H groups in total. The summed E-state index contributed by atoms with van der Waals surface area (Å²) in [5.74, 6) is 0. The molecule has 4 nitrogen and oxygen atoms in total. The van der Waals surface area contributed by atoms with Crippen LogP contribution in [-0.2, 0) is 11.3 Å². The number of hydrogen-bond acceptors (Lipinski definition) is 3. The number of likely N-dealkylation sites (tertiary alicyclic amines) is 1. The molecule has 0 aliphatic carbocycles. The summed E-state index contributed by atoms with van der Waals surface area (Å²) in [4.78, 5) is 16.2. The van der Waals surface area contributed by atoms with E-state index < -0.39 is 5.60 Å². The fourth-order valence-electron chi connectivity index (χ4n) is 2.59. The van der Waals surface area contributed by atoms with Gasteiger partial charge in [-0.15, -0.1) is 0 Å². The second-order valence-corrected chi connectivity index (χ2v) is 6.77. The summed E-state index contributed by atoms with van der Waals surface area (Å²) >= 11 is 0. The highest BCUT2D eigenvalue weighted by molar-refractivity contribution is 5.68. The van der Waals surface area contributed by atoms with Crippen LogP contribution in [0, 0.1) is 0 Å². The predicted octanol–water partition coefficient (Wildman–Crippen LogP) is 3.13. The Kier molecular flexibility index (Phi) is 4.88. The number of carbonyl (C=O) groups is 1. The van der Waals surface area contributed by atoms with Crippen molar-refractivity contribution < 1.29 is 9.53 Å². The maximum Gasteiger partial charge on any atom is 0.410 e. The van der Waals surface area contributed by atoms with Crippen LogP contribution in [-0.4, -0.2) is 47.7 Å². The number of rotatable bonds is 3. The van der Waals surface area contributed by atoms with Crippen molar-refractivity contribution in [3.05, 3.63) is 35.9 Å². The molecular formula is C17H26N2O2. The molecule has 2 rings (SSSR count). The van der Waals surface area contributed by atoms with Gasteiger partial charge in [-0.05, 0) is 39.8 Å². The van der Waals surface area contributed by atoms with Crippen LogP contribution < -0.4 is 0 Å². The minimum atomic E-state index is -0.425. The zero-order chi connectivity index (χ0) is 15.5. The quantitative estimate of drug-likeness (QED) is 0.857. The number of benzene rings is 1. The number of ether oxygens (including phenoxy) is 1. The number of carbonyl (C=O) groups excluding carboxylic acids is 1. The lowest BCUT2D eigenvalue weighted by Gasteiger charge is -2.26. The van der Waals surface area contributed by atoms with E-state index in [0.29, 0.717) is 6.04 Å². The molecule has 116 valence electrons. The summed E-state index contributed by atoms with van der Waals surface area (Å²) in [6, 6.07) is 10.8. The molecule has 4 heteroatoms. The van der Waals surface area contributed by atoms with Crippen molar-refractivity contribution >= 4 is 6.09 Å². The van der Waals surface area contributed by atoms with Gasteiger partial charge >= 0.3 is 6.09 Å². The predicted molar refractivity (Wildman–Crippen MR) is 84.1 cm³/mol. The van der Waals surface area contributed by atoms with Crippen LogP contribution in [0.5, 0.6) is 0 Å². The highest BCUT2D eigenvalue weighted by Crippen LogP contribution is 2.19. The second-order valence-electron chi connectivity index (χ2n) is 6.77. The Morgan fingerprint density at radius 2 is 2.00 bits per heavy atom. The Morgan fingerprint density at radius 3 is 2.62 bits per heavy atom. The van der Waals surface area contributed by atoms with Crippen LogP contribution in [0.3, 0.4) is 0 Å². The van der Waals surface area contributed by atoms with Gasteiger partial charge in [0, 0.05) is 25.7 Å². The van der Waals surface area contributed by atoms with E-state index in [1.165, 1.54) is 5.56 Å². The Morgan fingerprint density at radius 1 is 1.33 bits per heavy atom. The van der Waals surface area contributed by atoms with Crippen LogP contribution >= 0.6 is 0 Å². The van der Waals surface area contributed by atoms with Gasteiger partial charge in [-0.3, -0.25) is 4.90 Å². The molecule has 1 saturated heterocycles. The van der Waals surface area contributed by atoms with Crippen molar-refractivity contribution in [1.82, 2.24) is 9.80 Å². The second kappa shape index (κ2) is 6.48. The Balaban J connectivity index is 1.86. The zero-order valence-corrected chi connectivity index (χ0v) is 13.5. The number of likely N-dealkylation sites (N-methyl/N-ethyl adjacent to an activating group) is 1. The van der Waals surface area contributed by atoms with Crippen LogP contribution in [0.15, 0.2) is 30.3 Å². The Labute approximate surface area is 127 Å². The van der Waals surface area contributed by atoms with Crippen molar-refractivity contribution in [3.8, 4) is 0 Å². The first kappa shape index (κ1) is 15.8. The van der Waals surface area contributed by atoms with E-state index in [1.807, 2.05) is 31.7 Å². The molecular weight excluding hydrogens is 264 g/mol. The van der Waals surface area contributed by atoms with Gasteiger partial charge in [-0.25, -0.2) is 4.79 Å². The molecule has 1 atom stereocenters. The minimum absolute atomic E-state index is 0.196. The van der Waals surface area contributed by atoms with Crippen molar-refractivity contribution in [3.63, 3.8) is 0 Å². The number of nitrogens with zero attached hydrogens (tertiary/aromatic N) is 2. The summed E-state index contributed by atoms with van der Waals surface area (Å²) in [5.41, 5.74) is 0.876. The lowest BCUT2D eigenvalue weighted by Crippen LogP contribution is -2.38. The maximum atomic E-state index is 12.1. The third-order valence-electron chi connectivity index (χ3n) is 3.71. The number of amides is 1. The minimum Gasteiger partial charge on any atom is -0.444 e. The molecule has 0 unspecified atom stereocenters. The average Bonchev–Trinajstić information content (AvgIpc) is 2.87. The normalized spacial score (nSPS) is 19.1. The monoisotopic (exact) mass is 290 g/mol. The van der Waals surface area contributed by atoms with Crippen molar-refractivity contribution in [1.29, 1.82) is 0 Å². The first-order valence-corrected chi connectivity index (χ1v) is 7.57. The molecule has 1 aromatic rings. The first-order valence-electron chi connectivity index (χ1n) is 7.57. The van der Waals surface area contributed by atoms with Crippen LogP contribution in [0.2, 0.25) is 0 Å². The molecule has 1 aromatic carbocycles. The summed E-state index contributed by atoms with van der Waals surface area (Å²) in [5, 5.41) is 0. The lowest BCUT2D eigenvalue weighted by atomic mass is 10.1. The van der Waals surface area contributed by atoms with Gasteiger partial charge in [-0.1, -0.05) is 30.3 Å². The zero-order valence-electron chi connectivity index (χ0n) is 13.5. The third-order valence-corrected chi connectivity index (χ3v) is 3.71. The van der Waals surface area contributed by atoms with E-state index in [-0.39, 0.29) is 6.09 Å². The van der Waals surface area contributed by atoms with Crippen LogP contribution in [0.25, 0.3) is 0 Å². The van der Waals surface area contributed by atoms with Gasteiger partial charge in [0.1, 0.15) is 5.60 Å². The summed E-state index contributed by atoms with van der Waals surface area (Å²) in [6.45, 7) is 8.14. The summed E-state index contributed by atoms with van der Waals surface area (Å²) in [7, 11) is 2.12. The van der Waals surface area contributed by atoms with E-state index in [1.54, 1.807) is 0 Å². The molecule has 1 aliphatic heterocycles. The standard InChI is InChI=1S/C17H26N2O2/c1-17(2,3)21-16(20)19-11-10-15(13-19)18(4)12-14-8-6-5-7-9-14/h5-9,15H,10-13H2,1-4H3/t15-/m0/s1. The molecule has 0 saturated carbocycles. The lowest BCUT2D eigenvalue weighted by molar-refractivity contribution is 0.0282. The van der Waals surface area contributed by atoms with E-state index in [2.05, 4.69) is 36.2 Å². The Hall–Kier alpha value is -1.55. The molecule has 0 bridgehead atoms. The van der Waals surface area contributed by atoms with E-state index in [4.69, 9.17) is 4.74 Å². The molecule has 1 amide bonds. The number of hydrogen-bond donors (Lipinski definition) is 0. The van der Waals surface area contributed by atoms with E-state index in [0.717, 1.165) is 26.1 Å². The van der Waals surface area contributed by atoms with Gasteiger partial charge in [0.25, 0.3) is 0 Å². The maximum absolute atomic E-state index is 12.1. The van der Waals surface area contributed by atoms with Crippen molar-refractivity contribution in [2.75, 3.05) is 20.1 Å². The average molecular weight is 290 g/mol. The first-order chi connectivity index (χ1) is 9.85. The van der Waals surface area contributed by atoms with Gasteiger partial charge < -0.3 is 9.64 Å². The highest BCUT2D eigenvalue weighted by atomic mass is 16.6. The van der Waals surface area contributed by atoms with Crippen LogP contribution in [0.1, 0.15) is 32.8 Å². The Bertz CT molecular complexity index is 467. The highest BCUT2D eigenvalue weighted by Gasteiger charge is 2.31. The SMILES string of the molecule is CN(Cc1ccccc1)[C@H]1CCN(C(=O)OC(C)(C)C)C1. The van der Waals surface area contributed by atoms with Gasteiger partial charge in [0.15, 0.2) is 0 Å². The van der Waals surface area contributed by atoms with Crippen molar-refractivity contribution in [2.45, 2.75) is 45.4 Å². The molecule has 0 radical (unpaired) electrons. The summed E-state index contributed by atoms with van der Waals surface area (Å²) in [6.07, 6.45) is 0.806. The van der Waals surface area contributed by atoms with Gasteiger partial charge in [0.2, 0.25) is 0 Å². The van der Waals surface area contributed by atoms with Crippen molar-refractivity contribution in [2.24, 2.45) is 0 Å². The molecule has 1 fully saturated rings. The van der Waals surface area contributed by atoms with Gasteiger partial charge in [-0.2, -0.15) is 0 Å². The van der Waals surface area contributed by atoms with E-state index in [9.17, 15) is 4.79 Å². The van der Waals surface area contributed by atoms with Crippen LogP contribution in [0.4, 0.5) is 4.79 Å². The topological polar surface area (TPSA) is 32.8 Å². The largest absolute Gasteiger partial charge is 0.444 e. The third kappa shape index (κ3) is 4.74. The summed E-state index contributed by atoms with van der Waals surface area (Å²) < 4.78 is 5.44. The molecule has 0 aromatic heterocycles. The molecule has 0 spiro atoms. The molecule has 21 heavy (non-hydrogen) atoms. The van der Waals surface area contributed by atoms with E-state index >= 15 is 0 Å².